The number of hydrogen-bond acceptors (Lipinski definition) is 3. The molecule has 0 saturated carbocycles. The average molecular weight is 211 g/mol. The van der Waals surface area contributed by atoms with Crippen molar-refractivity contribution in [1.82, 2.24) is 15.1 Å². The van der Waals surface area contributed by atoms with E-state index in [9.17, 15) is 9.59 Å². The fourth-order valence-electron chi connectivity index (χ4n) is 1.02. The zero-order valence-corrected chi connectivity index (χ0v) is 8.60. The number of amides is 1. The Morgan fingerprint density at radius 2 is 2.33 bits per heavy atom. The number of carboxylic acid groups (broad SMARTS) is 1. The Kier molecular flexibility index (Phi) is 3.43. The Bertz CT molecular complexity index is 372. The summed E-state index contributed by atoms with van der Waals surface area (Å²) in [6.07, 6.45) is 3.37. The maximum Gasteiger partial charge on any atom is 0.315 e. The minimum atomic E-state index is -1.13. The van der Waals surface area contributed by atoms with Crippen molar-refractivity contribution < 1.29 is 14.7 Å². The van der Waals surface area contributed by atoms with Crippen LogP contribution in [-0.2, 0) is 23.2 Å². The second-order valence-electron chi connectivity index (χ2n) is 3.30. The van der Waals surface area contributed by atoms with Gasteiger partial charge in [-0.15, -0.1) is 0 Å². The molecule has 0 aromatic carbocycles. The third-order valence-corrected chi connectivity index (χ3v) is 1.99. The van der Waals surface area contributed by atoms with E-state index in [1.165, 1.54) is 6.92 Å². The molecule has 1 heterocycles. The summed E-state index contributed by atoms with van der Waals surface area (Å²) >= 11 is 0. The van der Waals surface area contributed by atoms with Crippen molar-refractivity contribution in [3.63, 3.8) is 0 Å². The third-order valence-electron chi connectivity index (χ3n) is 1.99. The highest BCUT2D eigenvalue weighted by Gasteiger charge is 2.19. The summed E-state index contributed by atoms with van der Waals surface area (Å²) in [7, 11) is 1.77. The van der Waals surface area contributed by atoms with E-state index < -0.39 is 17.8 Å². The minimum absolute atomic E-state index is 0.296. The smallest absolute Gasteiger partial charge is 0.315 e. The van der Waals surface area contributed by atoms with Gasteiger partial charge in [0.1, 0.15) is 5.92 Å². The number of rotatable bonds is 4. The quantitative estimate of drug-likeness (QED) is 0.673. The first-order valence-electron chi connectivity index (χ1n) is 4.48. The molecule has 15 heavy (non-hydrogen) atoms. The van der Waals surface area contributed by atoms with Crippen LogP contribution in [0.3, 0.4) is 0 Å². The molecule has 82 valence electrons. The van der Waals surface area contributed by atoms with Crippen LogP contribution in [0.15, 0.2) is 12.4 Å². The summed E-state index contributed by atoms with van der Waals surface area (Å²) in [6, 6.07) is 0. The molecule has 6 nitrogen and oxygen atoms in total. The van der Waals surface area contributed by atoms with Gasteiger partial charge >= 0.3 is 5.97 Å². The molecular weight excluding hydrogens is 198 g/mol. The van der Waals surface area contributed by atoms with Gasteiger partial charge in [0.2, 0.25) is 5.91 Å². The minimum Gasteiger partial charge on any atom is -0.481 e. The molecule has 1 rings (SSSR count). The molecule has 1 atom stereocenters. The summed E-state index contributed by atoms with van der Waals surface area (Å²) < 4.78 is 1.61. The third kappa shape index (κ3) is 3.08. The van der Waals surface area contributed by atoms with Gasteiger partial charge in [-0.3, -0.25) is 14.3 Å². The van der Waals surface area contributed by atoms with Crippen LogP contribution in [0.25, 0.3) is 0 Å². The summed E-state index contributed by atoms with van der Waals surface area (Å²) in [5, 5.41) is 15.0. The van der Waals surface area contributed by atoms with E-state index in [0.29, 0.717) is 6.54 Å². The van der Waals surface area contributed by atoms with Crippen LogP contribution >= 0.6 is 0 Å². The Hall–Kier alpha value is -1.85. The van der Waals surface area contributed by atoms with Crippen molar-refractivity contribution in [2.75, 3.05) is 0 Å². The molecule has 0 aliphatic rings. The van der Waals surface area contributed by atoms with Crippen LogP contribution < -0.4 is 5.32 Å². The average Bonchev–Trinajstić information content (AvgIpc) is 2.59. The molecule has 1 amide bonds. The van der Waals surface area contributed by atoms with Gasteiger partial charge in [0, 0.05) is 25.4 Å². The standard InChI is InChI=1S/C9H13N3O3/c1-6(9(14)15)8(13)10-3-7-4-11-12(2)5-7/h4-6H,3H2,1-2H3,(H,10,13)(H,14,15). The Morgan fingerprint density at radius 3 is 2.80 bits per heavy atom. The lowest BCUT2D eigenvalue weighted by Gasteiger charge is -2.06. The zero-order chi connectivity index (χ0) is 11.4. The molecule has 1 unspecified atom stereocenters. The predicted octanol–water partition coefficient (Wildman–Crippen LogP) is -0.243. The van der Waals surface area contributed by atoms with Crippen molar-refractivity contribution in [2.45, 2.75) is 13.5 Å². The van der Waals surface area contributed by atoms with Gasteiger partial charge in [0.25, 0.3) is 0 Å². The van der Waals surface area contributed by atoms with Crippen LogP contribution in [0.5, 0.6) is 0 Å². The Balaban J connectivity index is 2.44. The number of aryl methyl sites for hydroxylation is 1. The number of carbonyl (C=O) groups is 2. The second kappa shape index (κ2) is 4.59. The van der Waals surface area contributed by atoms with Crippen molar-refractivity contribution >= 4 is 11.9 Å². The normalized spacial score (nSPS) is 12.1. The van der Waals surface area contributed by atoms with Crippen molar-refractivity contribution in [2.24, 2.45) is 13.0 Å². The first-order valence-corrected chi connectivity index (χ1v) is 4.48. The van der Waals surface area contributed by atoms with E-state index in [0.717, 1.165) is 5.56 Å². The van der Waals surface area contributed by atoms with Gasteiger partial charge in [-0.2, -0.15) is 5.10 Å². The lowest BCUT2D eigenvalue weighted by Crippen LogP contribution is -2.32. The molecule has 1 aromatic heterocycles. The molecular formula is C9H13N3O3. The molecule has 0 radical (unpaired) electrons. The van der Waals surface area contributed by atoms with Gasteiger partial charge in [-0.25, -0.2) is 0 Å². The largest absolute Gasteiger partial charge is 0.481 e. The zero-order valence-electron chi connectivity index (χ0n) is 8.60. The molecule has 2 N–H and O–H groups in total. The topological polar surface area (TPSA) is 84.2 Å². The van der Waals surface area contributed by atoms with E-state index in [4.69, 9.17) is 5.11 Å². The lowest BCUT2D eigenvalue weighted by atomic mass is 10.1. The van der Waals surface area contributed by atoms with E-state index in [2.05, 4.69) is 10.4 Å². The van der Waals surface area contributed by atoms with Crippen molar-refractivity contribution in [3.05, 3.63) is 18.0 Å². The molecule has 1 aromatic rings. The molecule has 0 aliphatic heterocycles. The molecule has 0 bridgehead atoms. The van der Waals surface area contributed by atoms with Crippen molar-refractivity contribution in [3.8, 4) is 0 Å². The van der Waals surface area contributed by atoms with Gasteiger partial charge in [-0.05, 0) is 6.92 Å². The molecule has 6 heteroatoms. The van der Waals surface area contributed by atoms with E-state index in [1.54, 1.807) is 24.1 Å². The number of hydrogen-bond donors (Lipinski definition) is 2. The fraction of sp³-hybridized carbons (Fsp3) is 0.444. The number of nitrogens with one attached hydrogen (secondary N) is 1. The summed E-state index contributed by atoms with van der Waals surface area (Å²) in [4.78, 5) is 21.7. The first kappa shape index (κ1) is 11.2. The number of carbonyl (C=O) groups excluding carboxylic acids is 1. The number of carboxylic acids is 1. The monoisotopic (exact) mass is 211 g/mol. The maximum absolute atomic E-state index is 11.2. The number of aromatic nitrogens is 2. The SMILES string of the molecule is CC(C(=O)O)C(=O)NCc1cnn(C)c1. The summed E-state index contributed by atoms with van der Waals surface area (Å²) in [6.45, 7) is 1.64. The van der Waals surface area contributed by atoms with Gasteiger partial charge in [-0.1, -0.05) is 0 Å². The number of nitrogens with zero attached hydrogens (tertiary/aromatic N) is 2. The fourth-order valence-corrected chi connectivity index (χ4v) is 1.02. The van der Waals surface area contributed by atoms with E-state index >= 15 is 0 Å². The van der Waals surface area contributed by atoms with Crippen LogP contribution in [0, 0.1) is 5.92 Å². The first-order chi connectivity index (χ1) is 7.00. The Labute approximate surface area is 86.9 Å². The van der Waals surface area contributed by atoms with Crippen molar-refractivity contribution in [1.29, 1.82) is 0 Å². The highest BCUT2D eigenvalue weighted by molar-refractivity contribution is 5.96. The lowest BCUT2D eigenvalue weighted by molar-refractivity contribution is -0.146. The van der Waals surface area contributed by atoms with Crippen LogP contribution in [0.1, 0.15) is 12.5 Å². The van der Waals surface area contributed by atoms with Gasteiger partial charge < -0.3 is 10.4 Å². The maximum atomic E-state index is 11.2. The summed E-state index contributed by atoms with van der Waals surface area (Å²) in [5.41, 5.74) is 0.837. The van der Waals surface area contributed by atoms with E-state index in [1.807, 2.05) is 0 Å². The van der Waals surface area contributed by atoms with Crippen LogP contribution in [-0.4, -0.2) is 26.8 Å². The van der Waals surface area contributed by atoms with E-state index in [-0.39, 0.29) is 0 Å². The highest BCUT2D eigenvalue weighted by Crippen LogP contribution is 1.98. The van der Waals surface area contributed by atoms with Crippen LogP contribution in [0.2, 0.25) is 0 Å². The van der Waals surface area contributed by atoms with Gasteiger partial charge in [0.05, 0.1) is 6.20 Å². The molecule has 0 spiro atoms. The highest BCUT2D eigenvalue weighted by atomic mass is 16.4. The summed E-state index contributed by atoms with van der Waals surface area (Å²) in [5.74, 6) is -2.65. The second-order valence-corrected chi connectivity index (χ2v) is 3.30. The predicted molar refractivity (Wildman–Crippen MR) is 51.9 cm³/mol. The molecule has 0 aliphatic carbocycles. The molecule has 0 fully saturated rings. The van der Waals surface area contributed by atoms with Gasteiger partial charge in [0.15, 0.2) is 0 Å². The Morgan fingerprint density at radius 1 is 1.67 bits per heavy atom. The number of aliphatic carboxylic acids is 1. The molecule has 0 saturated heterocycles. The van der Waals surface area contributed by atoms with Crippen LogP contribution in [0.4, 0.5) is 0 Å².